The van der Waals surface area contributed by atoms with Gasteiger partial charge < -0.3 is 10.4 Å². The van der Waals surface area contributed by atoms with Crippen molar-refractivity contribution in [3.05, 3.63) is 64.8 Å². The first kappa shape index (κ1) is 17.3. The lowest BCUT2D eigenvalue weighted by molar-refractivity contribution is 0.281. The molecule has 2 N–H and O–H groups in total. The van der Waals surface area contributed by atoms with Gasteiger partial charge >= 0.3 is 0 Å². The molecule has 134 valence electrons. The third kappa shape index (κ3) is 3.83. The van der Waals surface area contributed by atoms with Gasteiger partial charge in [-0.1, -0.05) is 17.7 Å². The number of aromatic nitrogens is 1. The third-order valence-corrected chi connectivity index (χ3v) is 5.06. The largest absolute Gasteiger partial charge is 0.392 e. The van der Waals surface area contributed by atoms with Crippen molar-refractivity contribution in [2.24, 2.45) is 0 Å². The van der Waals surface area contributed by atoms with E-state index in [9.17, 15) is 5.11 Å². The molecule has 0 atom stereocenters. The molecule has 3 aromatic rings. The van der Waals surface area contributed by atoms with Crippen LogP contribution in [0.4, 0.5) is 11.4 Å². The molecule has 2 aromatic carbocycles. The van der Waals surface area contributed by atoms with Crippen LogP contribution in [0.1, 0.15) is 24.0 Å². The maximum Gasteiger partial charge on any atom is 0.0737 e. The average molecular weight is 368 g/mol. The van der Waals surface area contributed by atoms with Crippen LogP contribution in [0, 0.1) is 0 Å². The molecule has 4 rings (SSSR count). The fraction of sp³-hybridized carbons (Fsp3) is 0.286. The van der Waals surface area contributed by atoms with Gasteiger partial charge in [-0.25, -0.2) is 0 Å². The predicted molar refractivity (Wildman–Crippen MR) is 107 cm³/mol. The minimum Gasteiger partial charge on any atom is -0.392 e. The highest BCUT2D eigenvalue weighted by atomic mass is 35.5. The molecule has 1 fully saturated rings. The number of hydrogen-bond donors (Lipinski definition) is 2. The molecule has 0 aliphatic carbocycles. The van der Waals surface area contributed by atoms with Crippen molar-refractivity contribution in [3.8, 4) is 0 Å². The first-order chi connectivity index (χ1) is 12.7. The quantitative estimate of drug-likeness (QED) is 0.685. The molecule has 1 aliphatic rings. The standard InChI is InChI=1S/C21H22ClN3O/c22-17-3-4-19-20(5-6-23-21(19)12-17)24-18-10-15(9-16(11-18)14-26)13-25-7-1-2-8-25/h3-6,9-12,26H,1-2,7-8,13-14H2,(H,23,24). The van der Waals surface area contributed by atoms with Crippen LogP contribution in [0.25, 0.3) is 10.9 Å². The number of halogens is 1. The molecule has 1 saturated heterocycles. The summed E-state index contributed by atoms with van der Waals surface area (Å²) < 4.78 is 0. The lowest BCUT2D eigenvalue weighted by Crippen LogP contribution is -2.18. The van der Waals surface area contributed by atoms with E-state index in [1.807, 2.05) is 30.3 Å². The summed E-state index contributed by atoms with van der Waals surface area (Å²) >= 11 is 6.08. The van der Waals surface area contributed by atoms with Gasteiger partial charge in [-0.3, -0.25) is 9.88 Å². The number of nitrogens with one attached hydrogen (secondary N) is 1. The Morgan fingerprint density at radius 2 is 1.85 bits per heavy atom. The SMILES string of the molecule is OCc1cc(CN2CCCC2)cc(Nc2ccnc3cc(Cl)ccc23)c1. The molecule has 0 unspecified atom stereocenters. The molecule has 2 heterocycles. The zero-order valence-electron chi connectivity index (χ0n) is 14.6. The highest BCUT2D eigenvalue weighted by Crippen LogP contribution is 2.28. The number of aliphatic hydroxyl groups excluding tert-OH is 1. The van der Waals surface area contributed by atoms with E-state index >= 15 is 0 Å². The van der Waals surface area contributed by atoms with E-state index in [1.54, 1.807) is 6.20 Å². The van der Waals surface area contributed by atoms with E-state index in [2.05, 4.69) is 27.3 Å². The molecule has 26 heavy (non-hydrogen) atoms. The topological polar surface area (TPSA) is 48.4 Å². The predicted octanol–water partition coefficient (Wildman–Crippen LogP) is 4.72. The zero-order chi connectivity index (χ0) is 17.9. The van der Waals surface area contributed by atoms with Crippen LogP contribution in [0.15, 0.2) is 48.7 Å². The van der Waals surface area contributed by atoms with Gasteiger partial charge in [0.05, 0.1) is 12.1 Å². The van der Waals surface area contributed by atoms with Gasteiger partial charge in [0.15, 0.2) is 0 Å². The number of fused-ring (bicyclic) bond motifs is 1. The van der Waals surface area contributed by atoms with Crippen molar-refractivity contribution < 1.29 is 5.11 Å². The second-order valence-corrected chi connectivity index (χ2v) is 7.26. The Balaban J connectivity index is 1.65. The Kier molecular flexibility index (Phi) is 5.07. The van der Waals surface area contributed by atoms with Crippen LogP contribution < -0.4 is 5.32 Å². The highest BCUT2D eigenvalue weighted by Gasteiger charge is 2.13. The Labute approximate surface area is 158 Å². The Morgan fingerprint density at radius 3 is 2.65 bits per heavy atom. The van der Waals surface area contributed by atoms with Gasteiger partial charge in [-0.2, -0.15) is 0 Å². The van der Waals surface area contributed by atoms with Crippen molar-refractivity contribution in [1.29, 1.82) is 0 Å². The summed E-state index contributed by atoms with van der Waals surface area (Å²) in [5, 5.41) is 14.8. The molecule has 1 aliphatic heterocycles. The van der Waals surface area contributed by atoms with Crippen molar-refractivity contribution in [2.75, 3.05) is 18.4 Å². The molecule has 4 nitrogen and oxygen atoms in total. The van der Waals surface area contributed by atoms with E-state index < -0.39 is 0 Å². The number of pyridine rings is 1. The van der Waals surface area contributed by atoms with Gasteiger partial charge in [0.1, 0.15) is 0 Å². The summed E-state index contributed by atoms with van der Waals surface area (Å²) in [6.45, 7) is 3.27. The number of likely N-dealkylation sites (tertiary alicyclic amines) is 1. The lowest BCUT2D eigenvalue weighted by Gasteiger charge is -2.17. The van der Waals surface area contributed by atoms with Crippen LogP contribution in [0.3, 0.4) is 0 Å². The first-order valence-corrected chi connectivity index (χ1v) is 9.36. The van der Waals surface area contributed by atoms with Crippen molar-refractivity contribution in [1.82, 2.24) is 9.88 Å². The fourth-order valence-corrected chi connectivity index (χ4v) is 3.77. The smallest absolute Gasteiger partial charge is 0.0737 e. The van der Waals surface area contributed by atoms with Crippen molar-refractivity contribution >= 4 is 33.9 Å². The van der Waals surface area contributed by atoms with E-state index in [1.165, 1.54) is 18.4 Å². The normalized spacial score (nSPS) is 14.8. The summed E-state index contributed by atoms with van der Waals surface area (Å²) in [6.07, 6.45) is 4.33. The van der Waals surface area contributed by atoms with Crippen LogP contribution in [-0.2, 0) is 13.2 Å². The summed E-state index contributed by atoms with van der Waals surface area (Å²) in [4.78, 5) is 6.86. The molecule has 5 heteroatoms. The van der Waals surface area contributed by atoms with Gasteiger partial charge in [-0.15, -0.1) is 0 Å². The van der Waals surface area contributed by atoms with Crippen LogP contribution >= 0.6 is 11.6 Å². The second-order valence-electron chi connectivity index (χ2n) is 6.82. The molecule has 0 radical (unpaired) electrons. The maximum atomic E-state index is 9.65. The molecule has 0 spiro atoms. The molecular formula is C21H22ClN3O. The van der Waals surface area contributed by atoms with Gasteiger partial charge in [-0.05, 0) is 73.5 Å². The monoisotopic (exact) mass is 367 g/mol. The summed E-state index contributed by atoms with van der Waals surface area (Å²) in [6, 6.07) is 13.9. The van der Waals surface area contributed by atoms with Gasteiger partial charge in [0, 0.05) is 34.5 Å². The summed E-state index contributed by atoms with van der Waals surface area (Å²) in [7, 11) is 0. The molecule has 0 amide bonds. The molecule has 0 bridgehead atoms. The first-order valence-electron chi connectivity index (χ1n) is 8.98. The number of benzene rings is 2. The van der Waals surface area contributed by atoms with Crippen LogP contribution in [-0.4, -0.2) is 28.1 Å². The number of aliphatic hydroxyl groups is 1. The van der Waals surface area contributed by atoms with E-state index in [4.69, 9.17) is 11.6 Å². The number of rotatable bonds is 5. The fourth-order valence-electron chi connectivity index (χ4n) is 3.60. The molecule has 1 aromatic heterocycles. The van der Waals surface area contributed by atoms with Crippen molar-refractivity contribution in [3.63, 3.8) is 0 Å². The highest BCUT2D eigenvalue weighted by molar-refractivity contribution is 6.31. The van der Waals surface area contributed by atoms with Gasteiger partial charge in [0.25, 0.3) is 0 Å². The lowest BCUT2D eigenvalue weighted by atomic mass is 10.1. The number of nitrogens with zero attached hydrogens (tertiary/aromatic N) is 2. The Bertz CT molecular complexity index is 922. The number of hydrogen-bond acceptors (Lipinski definition) is 4. The van der Waals surface area contributed by atoms with E-state index in [-0.39, 0.29) is 6.61 Å². The third-order valence-electron chi connectivity index (χ3n) is 4.82. The van der Waals surface area contributed by atoms with Crippen LogP contribution in [0.5, 0.6) is 0 Å². The maximum absolute atomic E-state index is 9.65. The number of anilines is 2. The molecule has 0 saturated carbocycles. The van der Waals surface area contributed by atoms with Gasteiger partial charge in [0.2, 0.25) is 0 Å². The van der Waals surface area contributed by atoms with E-state index in [0.29, 0.717) is 5.02 Å². The Morgan fingerprint density at radius 1 is 1.04 bits per heavy atom. The Hall–Kier alpha value is -2.14. The van der Waals surface area contributed by atoms with E-state index in [0.717, 1.165) is 47.5 Å². The molecular weight excluding hydrogens is 346 g/mol. The summed E-state index contributed by atoms with van der Waals surface area (Å²) in [5.41, 5.74) is 4.97. The second kappa shape index (κ2) is 7.62. The average Bonchev–Trinajstić information content (AvgIpc) is 3.14. The van der Waals surface area contributed by atoms with Crippen LogP contribution in [0.2, 0.25) is 5.02 Å². The summed E-state index contributed by atoms with van der Waals surface area (Å²) in [5.74, 6) is 0. The van der Waals surface area contributed by atoms with Crippen molar-refractivity contribution in [2.45, 2.75) is 26.0 Å². The zero-order valence-corrected chi connectivity index (χ0v) is 15.3. The minimum atomic E-state index is 0.0369. The minimum absolute atomic E-state index is 0.0369.